The summed E-state index contributed by atoms with van der Waals surface area (Å²) in [4.78, 5) is 13.0. The van der Waals surface area contributed by atoms with Crippen molar-refractivity contribution in [1.29, 1.82) is 0 Å². The van der Waals surface area contributed by atoms with Gasteiger partial charge in [-0.05, 0) is 68.1 Å². The van der Waals surface area contributed by atoms with Crippen LogP contribution in [0.4, 0.5) is 5.69 Å². The number of hydrogen-bond acceptors (Lipinski definition) is 3. The van der Waals surface area contributed by atoms with E-state index >= 15 is 0 Å². The van der Waals surface area contributed by atoms with Gasteiger partial charge >= 0.3 is 0 Å². The van der Waals surface area contributed by atoms with E-state index in [1.54, 1.807) is 25.1 Å². The molecule has 0 unspecified atom stereocenters. The zero-order valence-corrected chi connectivity index (χ0v) is 18.4. The molecule has 0 aromatic heterocycles. The number of carbonyl (C=O) groups excluding carboxylic acids is 1. The first kappa shape index (κ1) is 21.6. The van der Waals surface area contributed by atoms with Gasteiger partial charge in [0.05, 0.1) is 16.6 Å². The molecule has 0 heterocycles. The topological polar surface area (TPSA) is 75.3 Å². The summed E-state index contributed by atoms with van der Waals surface area (Å²) >= 11 is 0. The second kappa shape index (κ2) is 8.71. The maximum atomic E-state index is 12.9. The van der Waals surface area contributed by atoms with E-state index in [4.69, 9.17) is 0 Å². The largest absolute Gasteiger partial charge is 0.345 e. The lowest BCUT2D eigenvalue weighted by Gasteiger charge is -2.18. The Bertz CT molecular complexity index is 1190. The number of sulfonamides is 1. The summed E-state index contributed by atoms with van der Waals surface area (Å²) in [6.07, 6.45) is 0. The second-order valence-corrected chi connectivity index (χ2v) is 9.13. The van der Waals surface area contributed by atoms with Crippen molar-refractivity contribution < 1.29 is 13.2 Å². The molecule has 0 bridgehead atoms. The Balaban J connectivity index is 1.86. The van der Waals surface area contributed by atoms with Crippen LogP contribution in [0.25, 0.3) is 0 Å². The predicted molar refractivity (Wildman–Crippen MR) is 120 cm³/mol. The van der Waals surface area contributed by atoms with Gasteiger partial charge in [0, 0.05) is 5.56 Å². The predicted octanol–water partition coefficient (Wildman–Crippen LogP) is 4.90. The fourth-order valence-corrected chi connectivity index (χ4v) is 4.49. The van der Waals surface area contributed by atoms with Crippen LogP contribution in [0.15, 0.2) is 71.6 Å². The number of anilines is 1. The molecule has 2 N–H and O–H groups in total. The Morgan fingerprint density at radius 2 is 1.47 bits per heavy atom. The van der Waals surface area contributed by atoms with Crippen molar-refractivity contribution in [3.05, 3.63) is 94.5 Å². The van der Waals surface area contributed by atoms with Gasteiger partial charge in [-0.25, -0.2) is 8.42 Å². The van der Waals surface area contributed by atoms with E-state index < -0.39 is 10.0 Å². The molecule has 0 fully saturated rings. The molecule has 1 amide bonds. The molecule has 0 saturated heterocycles. The molecule has 5 nitrogen and oxygen atoms in total. The number of benzene rings is 3. The Morgan fingerprint density at radius 1 is 0.833 bits per heavy atom. The summed E-state index contributed by atoms with van der Waals surface area (Å²) in [5.74, 6) is -0.309. The van der Waals surface area contributed by atoms with E-state index in [0.29, 0.717) is 16.8 Å². The molecule has 30 heavy (non-hydrogen) atoms. The number of carbonyl (C=O) groups is 1. The van der Waals surface area contributed by atoms with E-state index in [1.807, 2.05) is 57.2 Å². The lowest BCUT2D eigenvalue weighted by molar-refractivity contribution is 0.0939. The molecule has 0 saturated carbocycles. The molecule has 3 aromatic carbocycles. The highest BCUT2D eigenvalue weighted by molar-refractivity contribution is 7.92. The van der Waals surface area contributed by atoms with Gasteiger partial charge in [-0.15, -0.1) is 0 Å². The average Bonchev–Trinajstić information content (AvgIpc) is 2.70. The molecule has 6 heteroatoms. The number of amides is 1. The molecule has 0 radical (unpaired) electrons. The van der Waals surface area contributed by atoms with Crippen LogP contribution in [0.2, 0.25) is 0 Å². The zero-order valence-electron chi connectivity index (χ0n) is 17.6. The Labute approximate surface area is 178 Å². The minimum absolute atomic E-state index is 0.0463. The van der Waals surface area contributed by atoms with Crippen molar-refractivity contribution in [3.63, 3.8) is 0 Å². The van der Waals surface area contributed by atoms with E-state index in [1.165, 1.54) is 12.1 Å². The van der Waals surface area contributed by atoms with Gasteiger partial charge < -0.3 is 5.32 Å². The zero-order chi connectivity index (χ0) is 21.9. The van der Waals surface area contributed by atoms with Crippen LogP contribution in [-0.4, -0.2) is 14.3 Å². The maximum Gasteiger partial charge on any atom is 0.261 e. The van der Waals surface area contributed by atoms with Crippen LogP contribution in [0, 0.1) is 20.8 Å². The maximum absolute atomic E-state index is 12.9. The van der Waals surface area contributed by atoms with Gasteiger partial charge in [0.25, 0.3) is 15.9 Å². The van der Waals surface area contributed by atoms with Gasteiger partial charge in [0.1, 0.15) is 0 Å². The lowest BCUT2D eigenvalue weighted by atomic mass is 10.0. The standard InChI is InChI=1S/C24H26N2O3S/c1-16-9-5-7-11-21(16)19(4)25-24(27)22-15-20(14-13-17(22)2)30(28,29)26-23-12-8-6-10-18(23)3/h5-15,19,26H,1-4H3,(H,25,27)/t19-/m1/s1. The van der Waals surface area contributed by atoms with Gasteiger partial charge in [-0.3, -0.25) is 9.52 Å². The highest BCUT2D eigenvalue weighted by Crippen LogP contribution is 2.23. The quantitative estimate of drug-likeness (QED) is 0.593. The van der Waals surface area contributed by atoms with Crippen molar-refractivity contribution in [2.24, 2.45) is 0 Å². The summed E-state index contributed by atoms with van der Waals surface area (Å²) in [6.45, 7) is 7.53. The fourth-order valence-electron chi connectivity index (χ4n) is 3.33. The number of para-hydroxylation sites is 1. The molecule has 3 rings (SSSR count). The van der Waals surface area contributed by atoms with Gasteiger partial charge in [-0.2, -0.15) is 0 Å². The average molecular weight is 423 g/mol. The fraction of sp³-hybridized carbons (Fsp3) is 0.208. The Kier molecular flexibility index (Phi) is 6.27. The SMILES string of the molecule is Cc1ccccc1NS(=O)(=O)c1ccc(C)c(C(=O)N[C@H](C)c2ccccc2C)c1. The smallest absolute Gasteiger partial charge is 0.261 e. The molecule has 0 aliphatic carbocycles. The number of aryl methyl sites for hydroxylation is 3. The first-order valence-corrected chi connectivity index (χ1v) is 11.2. The minimum atomic E-state index is -3.83. The Morgan fingerprint density at radius 3 is 2.13 bits per heavy atom. The van der Waals surface area contributed by atoms with Gasteiger partial charge in [0.15, 0.2) is 0 Å². The first-order chi connectivity index (χ1) is 14.2. The third-order valence-corrected chi connectivity index (χ3v) is 6.52. The second-order valence-electron chi connectivity index (χ2n) is 7.45. The number of rotatable bonds is 6. The van der Waals surface area contributed by atoms with Crippen LogP contribution >= 0.6 is 0 Å². The molecule has 3 aromatic rings. The number of hydrogen-bond donors (Lipinski definition) is 2. The van der Waals surface area contributed by atoms with E-state index in [2.05, 4.69) is 10.0 Å². The molecular weight excluding hydrogens is 396 g/mol. The van der Waals surface area contributed by atoms with Gasteiger partial charge in [0.2, 0.25) is 0 Å². The monoisotopic (exact) mass is 422 g/mol. The molecule has 0 aliphatic rings. The molecule has 1 atom stereocenters. The number of nitrogens with one attached hydrogen (secondary N) is 2. The Hall–Kier alpha value is -3.12. The van der Waals surface area contributed by atoms with Crippen molar-refractivity contribution in [3.8, 4) is 0 Å². The molecule has 0 aliphatic heterocycles. The lowest BCUT2D eigenvalue weighted by Crippen LogP contribution is -2.28. The van der Waals surface area contributed by atoms with Crippen LogP contribution in [0.3, 0.4) is 0 Å². The third-order valence-electron chi connectivity index (χ3n) is 5.16. The summed E-state index contributed by atoms with van der Waals surface area (Å²) in [5, 5.41) is 2.98. The van der Waals surface area contributed by atoms with Crippen LogP contribution in [0.5, 0.6) is 0 Å². The van der Waals surface area contributed by atoms with Crippen molar-refractivity contribution in [2.45, 2.75) is 38.6 Å². The summed E-state index contributed by atoms with van der Waals surface area (Å²) in [7, 11) is -3.83. The summed E-state index contributed by atoms with van der Waals surface area (Å²) in [6, 6.07) is 19.4. The van der Waals surface area contributed by atoms with Crippen LogP contribution in [0.1, 0.15) is 45.6 Å². The molecular formula is C24H26N2O3S. The highest BCUT2D eigenvalue weighted by atomic mass is 32.2. The normalized spacial score (nSPS) is 12.3. The van der Waals surface area contributed by atoms with Gasteiger partial charge in [-0.1, -0.05) is 48.5 Å². The van der Waals surface area contributed by atoms with Crippen molar-refractivity contribution >= 4 is 21.6 Å². The van der Waals surface area contributed by atoms with Crippen LogP contribution in [-0.2, 0) is 10.0 Å². The van der Waals surface area contributed by atoms with Crippen molar-refractivity contribution in [2.75, 3.05) is 4.72 Å². The first-order valence-electron chi connectivity index (χ1n) is 9.74. The van der Waals surface area contributed by atoms with E-state index in [0.717, 1.165) is 16.7 Å². The molecule has 0 spiro atoms. The van der Waals surface area contributed by atoms with Crippen molar-refractivity contribution in [1.82, 2.24) is 5.32 Å². The third kappa shape index (κ3) is 4.71. The molecule has 156 valence electrons. The van der Waals surface area contributed by atoms with E-state index in [-0.39, 0.29) is 16.8 Å². The minimum Gasteiger partial charge on any atom is -0.345 e. The van der Waals surface area contributed by atoms with E-state index in [9.17, 15) is 13.2 Å². The summed E-state index contributed by atoms with van der Waals surface area (Å²) < 4.78 is 28.4. The highest BCUT2D eigenvalue weighted by Gasteiger charge is 2.20. The summed E-state index contributed by atoms with van der Waals surface area (Å²) in [5.41, 5.74) is 4.48. The van der Waals surface area contributed by atoms with Crippen LogP contribution < -0.4 is 10.0 Å².